The minimum absolute atomic E-state index is 0.0576. The highest BCUT2D eigenvalue weighted by molar-refractivity contribution is 5.51. The fourth-order valence-corrected chi connectivity index (χ4v) is 2.56. The molecule has 2 heterocycles. The third-order valence-corrected chi connectivity index (χ3v) is 3.46. The number of nitro groups is 1. The summed E-state index contributed by atoms with van der Waals surface area (Å²) in [7, 11) is 0. The number of rotatable bonds is 5. The Kier molecular flexibility index (Phi) is 4.31. The lowest BCUT2D eigenvalue weighted by Gasteiger charge is -2.30. The largest absolute Gasteiger partial charge is 0.352 e. The van der Waals surface area contributed by atoms with Crippen molar-refractivity contribution in [2.75, 3.05) is 24.5 Å². The van der Waals surface area contributed by atoms with Crippen molar-refractivity contribution in [2.24, 2.45) is 0 Å². The number of hydrogen-bond acceptors (Lipinski definition) is 5. The SMILES string of the molecule is CCCN(c1ncc([N+](=O)[O-])cc1C)C1CCNC1. The molecule has 6 heteroatoms. The van der Waals surface area contributed by atoms with Crippen LogP contribution in [0, 0.1) is 17.0 Å². The molecule has 2 rings (SSSR count). The average molecular weight is 264 g/mol. The van der Waals surface area contributed by atoms with Crippen molar-refractivity contribution in [3.05, 3.63) is 27.9 Å². The highest BCUT2D eigenvalue weighted by atomic mass is 16.6. The Morgan fingerprint density at radius 2 is 2.42 bits per heavy atom. The summed E-state index contributed by atoms with van der Waals surface area (Å²) < 4.78 is 0. The van der Waals surface area contributed by atoms with E-state index in [9.17, 15) is 10.1 Å². The highest BCUT2D eigenvalue weighted by Gasteiger charge is 2.24. The summed E-state index contributed by atoms with van der Waals surface area (Å²) in [5, 5.41) is 14.1. The van der Waals surface area contributed by atoms with E-state index in [0.717, 1.165) is 43.9 Å². The lowest BCUT2D eigenvalue weighted by Crippen LogP contribution is -2.38. The molecule has 0 saturated carbocycles. The lowest BCUT2D eigenvalue weighted by molar-refractivity contribution is -0.385. The molecule has 1 fully saturated rings. The van der Waals surface area contributed by atoms with Crippen LogP contribution in [0.15, 0.2) is 12.3 Å². The molecule has 1 atom stereocenters. The van der Waals surface area contributed by atoms with E-state index >= 15 is 0 Å². The fraction of sp³-hybridized carbons (Fsp3) is 0.615. The first kappa shape index (κ1) is 13.7. The molecule has 0 aliphatic carbocycles. The number of aryl methyl sites for hydroxylation is 1. The molecular formula is C13H20N4O2. The van der Waals surface area contributed by atoms with Crippen molar-refractivity contribution in [2.45, 2.75) is 32.7 Å². The van der Waals surface area contributed by atoms with Gasteiger partial charge < -0.3 is 10.2 Å². The van der Waals surface area contributed by atoms with Gasteiger partial charge in [-0.3, -0.25) is 10.1 Å². The van der Waals surface area contributed by atoms with E-state index in [4.69, 9.17) is 0 Å². The van der Waals surface area contributed by atoms with E-state index in [1.807, 2.05) is 6.92 Å². The van der Waals surface area contributed by atoms with Crippen LogP contribution in [0.4, 0.5) is 11.5 Å². The Morgan fingerprint density at radius 1 is 1.63 bits per heavy atom. The topological polar surface area (TPSA) is 71.3 Å². The van der Waals surface area contributed by atoms with Gasteiger partial charge in [-0.05, 0) is 31.9 Å². The Morgan fingerprint density at radius 3 is 2.95 bits per heavy atom. The van der Waals surface area contributed by atoms with Crippen molar-refractivity contribution >= 4 is 11.5 Å². The van der Waals surface area contributed by atoms with Gasteiger partial charge in [-0.15, -0.1) is 0 Å². The summed E-state index contributed by atoms with van der Waals surface area (Å²) in [5.74, 6) is 0.876. The normalized spacial score (nSPS) is 18.5. The molecule has 1 aliphatic rings. The molecule has 0 spiro atoms. The van der Waals surface area contributed by atoms with E-state index in [2.05, 4.69) is 22.1 Å². The van der Waals surface area contributed by atoms with E-state index in [1.165, 1.54) is 6.20 Å². The van der Waals surface area contributed by atoms with Gasteiger partial charge in [0, 0.05) is 25.2 Å². The smallest absolute Gasteiger partial charge is 0.287 e. The molecule has 0 aromatic carbocycles. The first-order valence-corrected chi connectivity index (χ1v) is 6.72. The predicted octanol–water partition coefficient (Wildman–Crippen LogP) is 1.88. The standard InChI is InChI=1S/C13H20N4O2/c1-3-6-16(11-4-5-14-8-11)13-10(2)7-12(9-15-13)17(18)19/h7,9,11,14H,3-6,8H2,1-2H3. The minimum Gasteiger partial charge on any atom is -0.352 e. The number of nitrogens with zero attached hydrogens (tertiary/aromatic N) is 3. The fourth-order valence-electron chi connectivity index (χ4n) is 2.56. The molecule has 1 N–H and O–H groups in total. The third-order valence-electron chi connectivity index (χ3n) is 3.46. The van der Waals surface area contributed by atoms with E-state index < -0.39 is 4.92 Å². The van der Waals surface area contributed by atoms with Crippen LogP contribution in [0.3, 0.4) is 0 Å². The molecule has 6 nitrogen and oxygen atoms in total. The summed E-state index contributed by atoms with van der Waals surface area (Å²) >= 11 is 0. The van der Waals surface area contributed by atoms with Gasteiger partial charge in [-0.2, -0.15) is 0 Å². The number of anilines is 1. The van der Waals surface area contributed by atoms with Crippen LogP contribution < -0.4 is 10.2 Å². The summed E-state index contributed by atoms with van der Waals surface area (Å²) in [5.41, 5.74) is 0.928. The zero-order valence-electron chi connectivity index (χ0n) is 11.4. The molecule has 1 unspecified atom stereocenters. The molecule has 0 amide bonds. The summed E-state index contributed by atoms with van der Waals surface area (Å²) in [6.45, 7) is 6.93. The van der Waals surface area contributed by atoms with E-state index in [-0.39, 0.29) is 5.69 Å². The van der Waals surface area contributed by atoms with Gasteiger partial charge in [-0.1, -0.05) is 6.92 Å². The van der Waals surface area contributed by atoms with Crippen molar-refractivity contribution in [3.8, 4) is 0 Å². The first-order chi connectivity index (χ1) is 9.13. The van der Waals surface area contributed by atoms with E-state index in [1.54, 1.807) is 6.07 Å². The van der Waals surface area contributed by atoms with Crippen molar-refractivity contribution in [1.29, 1.82) is 0 Å². The molecule has 104 valence electrons. The van der Waals surface area contributed by atoms with Gasteiger partial charge in [0.1, 0.15) is 12.0 Å². The number of nitrogens with one attached hydrogen (secondary N) is 1. The zero-order valence-corrected chi connectivity index (χ0v) is 11.4. The minimum atomic E-state index is -0.398. The van der Waals surface area contributed by atoms with Crippen molar-refractivity contribution in [3.63, 3.8) is 0 Å². The zero-order chi connectivity index (χ0) is 13.8. The second-order valence-electron chi connectivity index (χ2n) is 4.93. The number of aromatic nitrogens is 1. The number of hydrogen-bond donors (Lipinski definition) is 1. The molecular weight excluding hydrogens is 244 g/mol. The molecule has 19 heavy (non-hydrogen) atoms. The Hall–Kier alpha value is -1.69. The molecule has 1 aromatic rings. The van der Waals surface area contributed by atoms with Crippen LogP contribution >= 0.6 is 0 Å². The maximum Gasteiger partial charge on any atom is 0.287 e. The average Bonchev–Trinajstić information content (AvgIpc) is 2.90. The Balaban J connectivity index is 2.28. The Labute approximate surface area is 113 Å². The van der Waals surface area contributed by atoms with Gasteiger partial charge in [0.25, 0.3) is 5.69 Å². The third kappa shape index (κ3) is 3.01. The van der Waals surface area contributed by atoms with Crippen LogP contribution in [0.1, 0.15) is 25.3 Å². The molecule has 0 bridgehead atoms. The van der Waals surface area contributed by atoms with Crippen molar-refractivity contribution < 1.29 is 4.92 Å². The summed E-state index contributed by atoms with van der Waals surface area (Å²) in [6, 6.07) is 2.04. The predicted molar refractivity (Wildman–Crippen MR) is 74.5 cm³/mol. The van der Waals surface area contributed by atoms with Gasteiger partial charge in [0.05, 0.1) is 4.92 Å². The second kappa shape index (κ2) is 5.97. The number of pyridine rings is 1. The van der Waals surface area contributed by atoms with Gasteiger partial charge in [0.2, 0.25) is 0 Å². The molecule has 1 aromatic heterocycles. The molecule has 1 aliphatic heterocycles. The van der Waals surface area contributed by atoms with Crippen LogP contribution in [-0.2, 0) is 0 Å². The van der Waals surface area contributed by atoms with Crippen LogP contribution in [0.25, 0.3) is 0 Å². The van der Waals surface area contributed by atoms with E-state index in [0.29, 0.717) is 6.04 Å². The Bertz CT molecular complexity index is 458. The maximum absolute atomic E-state index is 10.8. The van der Waals surface area contributed by atoms with Crippen LogP contribution in [0.5, 0.6) is 0 Å². The second-order valence-corrected chi connectivity index (χ2v) is 4.93. The van der Waals surface area contributed by atoms with Crippen molar-refractivity contribution in [1.82, 2.24) is 10.3 Å². The van der Waals surface area contributed by atoms with Crippen LogP contribution in [0.2, 0.25) is 0 Å². The monoisotopic (exact) mass is 264 g/mol. The molecule has 0 radical (unpaired) electrons. The summed E-state index contributed by atoms with van der Waals surface area (Å²) in [6.07, 6.45) is 3.49. The van der Waals surface area contributed by atoms with Gasteiger partial charge in [0.15, 0.2) is 0 Å². The van der Waals surface area contributed by atoms with Crippen LogP contribution in [-0.4, -0.2) is 35.6 Å². The summed E-state index contributed by atoms with van der Waals surface area (Å²) in [4.78, 5) is 17.0. The molecule has 1 saturated heterocycles. The first-order valence-electron chi connectivity index (χ1n) is 6.72. The quantitative estimate of drug-likeness (QED) is 0.649. The maximum atomic E-state index is 10.8. The van der Waals surface area contributed by atoms with Gasteiger partial charge in [-0.25, -0.2) is 4.98 Å². The van der Waals surface area contributed by atoms with Gasteiger partial charge >= 0.3 is 0 Å². The highest BCUT2D eigenvalue weighted by Crippen LogP contribution is 2.25. The lowest BCUT2D eigenvalue weighted by atomic mass is 10.1.